The Balaban J connectivity index is 3.07. The number of rotatable bonds is 5. The van der Waals surface area contributed by atoms with Crippen molar-refractivity contribution >= 4 is 5.78 Å². The van der Waals surface area contributed by atoms with Crippen molar-refractivity contribution in [2.75, 3.05) is 0 Å². The van der Waals surface area contributed by atoms with E-state index in [0.29, 0.717) is 6.42 Å². The Bertz CT molecular complexity index is 359. The first kappa shape index (κ1) is 12.9. The first-order chi connectivity index (χ1) is 7.60. The van der Waals surface area contributed by atoms with Crippen molar-refractivity contribution in [2.24, 2.45) is 0 Å². The van der Waals surface area contributed by atoms with Gasteiger partial charge in [0.05, 0.1) is 0 Å². The molecule has 0 spiro atoms. The fraction of sp³-hybridized carbons (Fsp3) is 0.571. The van der Waals surface area contributed by atoms with E-state index in [4.69, 9.17) is 0 Å². The van der Waals surface area contributed by atoms with Gasteiger partial charge in [-0.15, -0.1) is 0 Å². The van der Waals surface area contributed by atoms with Gasteiger partial charge in [0.25, 0.3) is 0 Å². The Labute approximate surface area is 98.1 Å². The molecule has 0 saturated heterocycles. The minimum absolute atomic E-state index is 0.230. The van der Waals surface area contributed by atoms with Gasteiger partial charge in [0, 0.05) is 23.4 Å². The number of pyridine rings is 1. The van der Waals surface area contributed by atoms with E-state index >= 15 is 0 Å². The van der Waals surface area contributed by atoms with E-state index in [2.05, 4.69) is 18.0 Å². The zero-order valence-corrected chi connectivity index (χ0v) is 10.8. The molecule has 0 atom stereocenters. The molecule has 0 aliphatic heterocycles. The van der Waals surface area contributed by atoms with E-state index < -0.39 is 0 Å². The fourth-order valence-corrected chi connectivity index (χ4v) is 2.07. The summed E-state index contributed by atoms with van der Waals surface area (Å²) in [5.41, 5.74) is 3.91. The molecule has 16 heavy (non-hydrogen) atoms. The van der Waals surface area contributed by atoms with Crippen molar-refractivity contribution in [3.63, 3.8) is 0 Å². The van der Waals surface area contributed by atoms with Gasteiger partial charge in [-0.05, 0) is 38.3 Å². The predicted octanol–water partition coefficient (Wildman–Crippen LogP) is 3.63. The molecule has 1 aromatic rings. The molecule has 0 fully saturated rings. The summed E-state index contributed by atoms with van der Waals surface area (Å²) in [6.07, 6.45) is 3.60. The molecule has 0 aliphatic carbocycles. The van der Waals surface area contributed by atoms with Gasteiger partial charge in [-0.25, -0.2) is 0 Å². The molecule has 1 aromatic heterocycles. The Morgan fingerprint density at radius 2 is 1.94 bits per heavy atom. The van der Waals surface area contributed by atoms with Crippen LogP contribution < -0.4 is 0 Å². The second-order valence-corrected chi connectivity index (χ2v) is 4.31. The summed E-state index contributed by atoms with van der Waals surface area (Å²) in [5, 5.41) is 0. The number of nitrogens with zero attached hydrogens (tertiary/aromatic N) is 1. The SMILES string of the molecule is CCCC(=O)c1c(C)cc(CCC)nc1C. The van der Waals surface area contributed by atoms with Gasteiger partial charge in [0.1, 0.15) is 0 Å². The summed E-state index contributed by atoms with van der Waals surface area (Å²) < 4.78 is 0. The van der Waals surface area contributed by atoms with E-state index in [1.54, 1.807) is 0 Å². The molecule has 1 heterocycles. The number of carbonyl (C=O) groups excluding carboxylic acids is 1. The van der Waals surface area contributed by atoms with Crippen molar-refractivity contribution < 1.29 is 4.79 Å². The monoisotopic (exact) mass is 219 g/mol. The Hall–Kier alpha value is -1.18. The third-order valence-electron chi connectivity index (χ3n) is 2.71. The van der Waals surface area contributed by atoms with Gasteiger partial charge in [0.15, 0.2) is 5.78 Å². The summed E-state index contributed by atoms with van der Waals surface area (Å²) in [4.78, 5) is 16.4. The quantitative estimate of drug-likeness (QED) is 0.708. The second-order valence-electron chi connectivity index (χ2n) is 4.31. The number of aromatic nitrogens is 1. The Kier molecular flexibility index (Phi) is 4.66. The second kappa shape index (κ2) is 5.78. The smallest absolute Gasteiger partial charge is 0.164 e. The lowest BCUT2D eigenvalue weighted by Crippen LogP contribution is -2.07. The van der Waals surface area contributed by atoms with Crippen molar-refractivity contribution in [3.8, 4) is 0 Å². The molecule has 2 nitrogen and oxygen atoms in total. The minimum atomic E-state index is 0.230. The molecule has 0 aromatic carbocycles. The van der Waals surface area contributed by atoms with Crippen LogP contribution in [-0.2, 0) is 6.42 Å². The predicted molar refractivity (Wildman–Crippen MR) is 66.9 cm³/mol. The van der Waals surface area contributed by atoms with Gasteiger partial charge in [-0.3, -0.25) is 9.78 Å². The van der Waals surface area contributed by atoms with Gasteiger partial charge >= 0.3 is 0 Å². The van der Waals surface area contributed by atoms with Crippen molar-refractivity contribution in [3.05, 3.63) is 28.6 Å². The maximum absolute atomic E-state index is 11.9. The zero-order valence-electron chi connectivity index (χ0n) is 10.8. The highest BCUT2D eigenvalue weighted by molar-refractivity contribution is 5.98. The van der Waals surface area contributed by atoms with Gasteiger partial charge < -0.3 is 0 Å². The number of ketones is 1. The van der Waals surface area contributed by atoms with E-state index in [9.17, 15) is 4.79 Å². The molecule has 88 valence electrons. The van der Waals surface area contributed by atoms with Crippen LogP contribution in [0.3, 0.4) is 0 Å². The zero-order chi connectivity index (χ0) is 12.1. The largest absolute Gasteiger partial charge is 0.294 e. The number of hydrogen-bond donors (Lipinski definition) is 0. The van der Waals surface area contributed by atoms with Crippen LogP contribution in [0.1, 0.15) is 60.4 Å². The van der Waals surface area contributed by atoms with Crippen molar-refractivity contribution in [1.29, 1.82) is 0 Å². The lowest BCUT2D eigenvalue weighted by atomic mass is 9.99. The average molecular weight is 219 g/mol. The van der Waals surface area contributed by atoms with Gasteiger partial charge in [0.2, 0.25) is 0 Å². The third kappa shape index (κ3) is 2.91. The van der Waals surface area contributed by atoms with Crippen LogP contribution in [0.15, 0.2) is 6.07 Å². The van der Waals surface area contributed by atoms with Crippen LogP contribution >= 0.6 is 0 Å². The standard InChI is InChI=1S/C14H21NO/c1-5-7-12-9-10(3)14(11(4)15-12)13(16)8-6-2/h9H,5-8H2,1-4H3. The maximum Gasteiger partial charge on any atom is 0.164 e. The molecule has 0 N–H and O–H groups in total. The van der Waals surface area contributed by atoms with E-state index in [0.717, 1.165) is 41.8 Å². The van der Waals surface area contributed by atoms with Gasteiger partial charge in [-0.1, -0.05) is 20.3 Å². The molecule has 0 unspecified atom stereocenters. The molecule has 1 rings (SSSR count). The molecular weight excluding hydrogens is 198 g/mol. The highest BCUT2D eigenvalue weighted by Crippen LogP contribution is 2.17. The van der Waals surface area contributed by atoms with Crippen molar-refractivity contribution in [2.45, 2.75) is 53.4 Å². The van der Waals surface area contributed by atoms with E-state index in [1.165, 1.54) is 0 Å². The van der Waals surface area contributed by atoms with Crippen LogP contribution in [0.5, 0.6) is 0 Å². The fourth-order valence-electron chi connectivity index (χ4n) is 2.07. The maximum atomic E-state index is 11.9. The molecule has 0 radical (unpaired) electrons. The summed E-state index contributed by atoms with van der Waals surface area (Å²) >= 11 is 0. The van der Waals surface area contributed by atoms with E-state index in [-0.39, 0.29) is 5.78 Å². The molecular formula is C14H21NO. The van der Waals surface area contributed by atoms with E-state index in [1.807, 2.05) is 20.8 Å². The average Bonchev–Trinajstić information content (AvgIpc) is 2.17. The topological polar surface area (TPSA) is 30.0 Å². The molecule has 0 saturated carbocycles. The highest BCUT2D eigenvalue weighted by atomic mass is 16.1. The summed E-state index contributed by atoms with van der Waals surface area (Å²) in [6, 6.07) is 2.05. The first-order valence-electron chi connectivity index (χ1n) is 6.10. The number of hydrogen-bond acceptors (Lipinski definition) is 2. The third-order valence-corrected chi connectivity index (χ3v) is 2.71. The molecule has 2 heteroatoms. The summed E-state index contributed by atoms with van der Waals surface area (Å²) in [6.45, 7) is 8.12. The molecule has 0 bridgehead atoms. The van der Waals surface area contributed by atoms with Crippen LogP contribution in [-0.4, -0.2) is 10.8 Å². The van der Waals surface area contributed by atoms with Crippen LogP contribution in [0.2, 0.25) is 0 Å². The minimum Gasteiger partial charge on any atom is -0.294 e. The number of aryl methyl sites for hydroxylation is 3. The van der Waals surface area contributed by atoms with Crippen LogP contribution in [0.25, 0.3) is 0 Å². The summed E-state index contributed by atoms with van der Waals surface area (Å²) in [7, 11) is 0. The molecule has 0 amide bonds. The highest BCUT2D eigenvalue weighted by Gasteiger charge is 2.13. The normalized spacial score (nSPS) is 10.5. The van der Waals surface area contributed by atoms with Crippen molar-refractivity contribution in [1.82, 2.24) is 4.98 Å². The van der Waals surface area contributed by atoms with Crippen LogP contribution in [0.4, 0.5) is 0 Å². The lowest BCUT2D eigenvalue weighted by molar-refractivity contribution is 0.0980. The lowest BCUT2D eigenvalue weighted by Gasteiger charge is -2.10. The summed E-state index contributed by atoms with van der Waals surface area (Å²) in [5.74, 6) is 0.230. The first-order valence-corrected chi connectivity index (χ1v) is 6.10. The Morgan fingerprint density at radius 3 is 2.44 bits per heavy atom. The number of carbonyl (C=O) groups is 1. The van der Waals surface area contributed by atoms with Crippen LogP contribution in [0, 0.1) is 13.8 Å². The number of Topliss-reactive ketones (excluding diaryl/α,β-unsaturated/α-hetero) is 1. The molecule has 0 aliphatic rings. The van der Waals surface area contributed by atoms with Gasteiger partial charge in [-0.2, -0.15) is 0 Å². The Morgan fingerprint density at radius 1 is 1.25 bits per heavy atom.